The summed E-state index contributed by atoms with van der Waals surface area (Å²) in [4.78, 5) is 23.5. The van der Waals surface area contributed by atoms with E-state index in [9.17, 15) is 4.79 Å². The molecule has 4 atom stereocenters. The van der Waals surface area contributed by atoms with Crippen molar-refractivity contribution in [1.29, 1.82) is 0 Å². The van der Waals surface area contributed by atoms with Crippen molar-refractivity contribution in [3.05, 3.63) is 23.8 Å². The Kier molecular flexibility index (Phi) is 4.73. The number of rotatable bonds is 5. The molecule has 3 heterocycles. The van der Waals surface area contributed by atoms with E-state index in [0.717, 1.165) is 56.4 Å². The number of nitrogens with zero attached hydrogens (tertiary/aromatic N) is 3. The van der Waals surface area contributed by atoms with Gasteiger partial charge in [-0.1, -0.05) is 0 Å². The van der Waals surface area contributed by atoms with Crippen LogP contribution < -0.4 is 5.32 Å². The van der Waals surface area contributed by atoms with Crippen LogP contribution in [0.3, 0.4) is 0 Å². The molecule has 0 radical (unpaired) electrons. The van der Waals surface area contributed by atoms with E-state index >= 15 is 0 Å². The molecule has 6 nitrogen and oxygen atoms in total. The van der Waals surface area contributed by atoms with Crippen molar-refractivity contribution in [1.82, 2.24) is 20.2 Å². The summed E-state index contributed by atoms with van der Waals surface area (Å²) in [6.45, 7) is 11.0. The maximum Gasteiger partial charge on any atom is 0.224 e. The van der Waals surface area contributed by atoms with Gasteiger partial charge in [0.15, 0.2) is 0 Å². The molecule has 1 unspecified atom stereocenters. The van der Waals surface area contributed by atoms with Crippen LogP contribution in [0.5, 0.6) is 0 Å². The predicted molar refractivity (Wildman–Crippen MR) is 98.3 cm³/mol. The minimum Gasteiger partial charge on any atom is -0.376 e. The van der Waals surface area contributed by atoms with Crippen molar-refractivity contribution in [2.45, 2.75) is 45.8 Å². The third-order valence-corrected chi connectivity index (χ3v) is 6.17. The molecule has 0 spiro atoms. The molecule has 1 amide bonds. The van der Waals surface area contributed by atoms with Crippen LogP contribution in [0.25, 0.3) is 0 Å². The van der Waals surface area contributed by atoms with Gasteiger partial charge in [0.05, 0.1) is 29.7 Å². The first-order chi connectivity index (χ1) is 12.4. The number of nitrogens with one attached hydrogen (secondary N) is 1. The van der Waals surface area contributed by atoms with Gasteiger partial charge in [-0.15, -0.1) is 0 Å². The number of hydrogen-bond donors (Lipinski definition) is 1. The highest BCUT2D eigenvalue weighted by Crippen LogP contribution is 2.52. The van der Waals surface area contributed by atoms with E-state index in [0.29, 0.717) is 18.4 Å². The standard InChI is InChI=1S/C20H30N4O2/c1-13-7-22-15(8-21-13)9-23-19(25)18-16-11-24(12-17(16)18)10-14-4-5-26-20(2,3)6-14/h7-8,14,16-18H,4-6,9-12H2,1-3H3,(H,23,25)/t14-,16-,17+,18?/m1/s1. The molecule has 1 aromatic rings. The molecule has 0 bridgehead atoms. The smallest absolute Gasteiger partial charge is 0.224 e. The molecular formula is C20H30N4O2. The molecule has 1 aromatic heterocycles. The van der Waals surface area contributed by atoms with Crippen molar-refractivity contribution in [2.75, 3.05) is 26.2 Å². The number of carbonyl (C=O) groups is 1. The van der Waals surface area contributed by atoms with Gasteiger partial charge in [-0.3, -0.25) is 14.8 Å². The molecule has 2 aliphatic heterocycles. The zero-order valence-electron chi connectivity index (χ0n) is 16.1. The highest BCUT2D eigenvalue weighted by atomic mass is 16.5. The number of aryl methyl sites for hydroxylation is 1. The van der Waals surface area contributed by atoms with E-state index in [-0.39, 0.29) is 17.4 Å². The topological polar surface area (TPSA) is 67.4 Å². The number of fused-ring (bicyclic) bond motifs is 1. The van der Waals surface area contributed by atoms with Crippen molar-refractivity contribution in [2.24, 2.45) is 23.7 Å². The van der Waals surface area contributed by atoms with Gasteiger partial charge < -0.3 is 15.0 Å². The first-order valence-corrected chi connectivity index (χ1v) is 9.83. The van der Waals surface area contributed by atoms with Crippen LogP contribution in [0.2, 0.25) is 0 Å². The Morgan fingerprint density at radius 3 is 2.73 bits per heavy atom. The summed E-state index contributed by atoms with van der Waals surface area (Å²) in [5.41, 5.74) is 1.73. The van der Waals surface area contributed by atoms with E-state index in [1.807, 2.05) is 6.92 Å². The van der Waals surface area contributed by atoms with Crippen LogP contribution in [-0.4, -0.2) is 52.6 Å². The number of amides is 1. The normalized spacial score (nSPS) is 32.9. The van der Waals surface area contributed by atoms with E-state index in [1.165, 1.54) is 0 Å². The van der Waals surface area contributed by atoms with Crippen LogP contribution >= 0.6 is 0 Å². The minimum absolute atomic E-state index is 0.0207. The highest BCUT2D eigenvalue weighted by Gasteiger charge is 2.59. The van der Waals surface area contributed by atoms with E-state index in [4.69, 9.17) is 4.74 Å². The van der Waals surface area contributed by atoms with Crippen LogP contribution in [0.4, 0.5) is 0 Å². The molecule has 0 aromatic carbocycles. The maximum absolute atomic E-state index is 12.4. The quantitative estimate of drug-likeness (QED) is 0.869. The molecule has 6 heteroatoms. The van der Waals surface area contributed by atoms with Gasteiger partial charge in [0.1, 0.15) is 0 Å². The Labute approximate surface area is 155 Å². The first kappa shape index (κ1) is 17.9. The molecule has 2 saturated heterocycles. The SMILES string of the molecule is Cc1cnc(CNC(=O)C2[C@H]3CN(C[C@@H]4CCOC(C)(C)C4)C[C@@H]23)cn1. The van der Waals surface area contributed by atoms with Crippen molar-refractivity contribution in [3.63, 3.8) is 0 Å². The van der Waals surface area contributed by atoms with E-state index in [2.05, 4.69) is 34.0 Å². The van der Waals surface area contributed by atoms with Crippen molar-refractivity contribution < 1.29 is 9.53 Å². The summed E-state index contributed by atoms with van der Waals surface area (Å²) < 4.78 is 5.83. The number of aromatic nitrogens is 2. The van der Waals surface area contributed by atoms with E-state index < -0.39 is 0 Å². The number of ether oxygens (including phenoxy) is 1. The van der Waals surface area contributed by atoms with Crippen LogP contribution in [0.15, 0.2) is 12.4 Å². The second kappa shape index (κ2) is 6.89. The van der Waals surface area contributed by atoms with Gasteiger partial charge >= 0.3 is 0 Å². The fraction of sp³-hybridized carbons (Fsp3) is 0.750. The fourth-order valence-electron chi connectivity index (χ4n) is 4.84. The molecule has 142 valence electrons. The summed E-state index contributed by atoms with van der Waals surface area (Å²) in [5, 5.41) is 3.04. The fourth-order valence-corrected chi connectivity index (χ4v) is 4.84. The predicted octanol–water partition coefficient (Wildman–Crippen LogP) is 1.78. The Hall–Kier alpha value is -1.53. The van der Waals surface area contributed by atoms with Gasteiger partial charge in [0, 0.05) is 38.4 Å². The minimum atomic E-state index is 0.0207. The van der Waals surface area contributed by atoms with Crippen LogP contribution in [0.1, 0.15) is 38.1 Å². The van der Waals surface area contributed by atoms with Crippen LogP contribution in [-0.2, 0) is 16.1 Å². The molecular weight excluding hydrogens is 328 g/mol. The third-order valence-electron chi connectivity index (χ3n) is 6.17. The van der Waals surface area contributed by atoms with Gasteiger partial charge in [-0.05, 0) is 51.4 Å². The van der Waals surface area contributed by atoms with Gasteiger partial charge in [-0.2, -0.15) is 0 Å². The second-order valence-corrected chi connectivity index (χ2v) is 8.91. The summed E-state index contributed by atoms with van der Waals surface area (Å²) >= 11 is 0. The zero-order valence-corrected chi connectivity index (χ0v) is 16.1. The molecule has 1 saturated carbocycles. The number of hydrogen-bond acceptors (Lipinski definition) is 5. The molecule has 3 fully saturated rings. The average molecular weight is 358 g/mol. The highest BCUT2D eigenvalue weighted by molar-refractivity contribution is 5.82. The van der Waals surface area contributed by atoms with Crippen LogP contribution in [0, 0.1) is 30.6 Å². The third kappa shape index (κ3) is 3.91. The Morgan fingerprint density at radius 2 is 2.08 bits per heavy atom. The number of carbonyl (C=O) groups excluding carboxylic acids is 1. The monoisotopic (exact) mass is 358 g/mol. The lowest BCUT2D eigenvalue weighted by molar-refractivity contribution is -0.123. The average Bonchev–Trinajstić information content (AvgIpc) is 3.09. The summed E-state index contributed by atoms with van der Waals surface area (Å²) in [6, 6.07) is 0. The maximum atomic E-state index is 12.4. The molecule has 1 aliphatic carbocycles. The first-order valence-electron chi connectivity index (χ1n) is 9.83. The lowest BCUT2D eigenvalue weighted by atomic mass is 9.88. The van der Waals surface area contributed by atoms with Gasteiger partial charge in [-0.25, -0.2) is 0 Å². The Bertz CT molecular complexity index is 648. The molecule has 4 rings (SSSR count). The summed E-state index contributed by atoms with van der Waals surface area (Å²) in [6.07, 6.45) is 5.78. The molecule has 26 heavy (non-hydrogen) atoms. The lowest BCUT2D eigenvalue weighted by Gasteiger charge is -2.37. The zero-order chi connectivity index (χ0) is 18.3. The molecule has 3 aliphatic rings. The Balaban J connectivity index is 1.20. The van der Waals surface area contributed by atoms with Crippen molar-refractivity contribution in [3.8, 4) is 0 Å². The summed E-state index contributed by atoms with van der Waals surface area (Å²) in [7, 11) is 0. The number of piperidine rings is 1. The number of likely N-dealkylation sites (tertiary alicyclic amines) is 1. The van der Waals surface area contributed by atoms with Gasteiger partial charge in [0.25, 0.3) is 0 Å². The van der Waals surface area contributed by atoms with Gasteiger partial charge in [0.2, 0.25) is 5.91 Å². The second-order valence-electron chi connectivity index (χ2n) is 8.91. The summed E-state index contributed by atoms with van der Waals surface area (Å²) in [5.74, 6) is 2.22. The Morgan fingerprint density at radius 1 is 1.31 bits per heavy atom. The van der Waals surface area contributed by atoms with E-state index in [1.54, 1.807) is 12.4 Å². The van der Waals surface area contributed by atoms with Crippen molar-refractivity contribution >= 4 is 5.91 Å². The lowest BCUT2D eigenvalue weighted by Crippen LogP contribution is -2.40. The largest absolute Gasteiger partial charge is 0.376 e. The molecule has 1 N–H and O–H groups in total.